The molecule has 1 N–H and O–H groups in total. The summed E-state index contributed by atoms with van der Waals surface area (Å²) >= 11 is 8.88. The third kappa shape index (κ3) is 4.34. The van der Waals surface area contributed by atoms with Gasteiger partial charge in [-0.05, 0) is 47.0 Å². The Morgan fingerprint density at radius 1 is 1.42 bits per heavy atom. The molecule has 0 radical (unpaired) electrons. The van der Waals surface area contributed by atoms with Crippen molar-refractivity contribution in [2.45, 2.75) is 23.9 Å². The van der Waals surface area contributed by atoms with Crippen molar-refractivity contribution < 1.29 is 4.79 Å². The molecule has 1 amide bonds. The number of amides is 1. The standard InChI is InChI=1S/C15H14ClN5OS2/c1-10(14(22)17-12-5-2-4-11(16)8-12)24-15-18-19-20-21(15)9-13-6-3-7-23-13/h2-8,10H,9H2,1H3,(H,17,22). The highest BCUT2D eigenvalue weighted by molar-refractivity contribution is 8.00. The molecule has 0 saturated carbocycles. The van der Waals surface area contributed by atoms with Crippen molar-refractivity contribution in [3.8, 4) is 0 Å². The van der Waals surface area contributed by atoms with E-state index in [4.69, 9.17) is 11.6 Å². The Bertz CT molecular complexity index is 821. The molecule has 1 atom stereocenters. The topological polar surface area (TPSA) is 72.7 Å². The molecule has 0 aliphatic heterocycles. The molecule has 9 heteroatoms. The molecule has 0 aliphatic carbocycles. The van der Waals surface area contributed by atoms with Gasteiger partial charge in [-0.3, -0.25) is 4.79 Å². The molecule has 6 nitrogen and oxygen atoms in total. The van der Waals surface area contributed by atoms with Gasteiger partial charge in [0.15, 0.2) is 0 Å². The fourth-order valence-corrected chi connectivity index (χ4v) is 3.62. The van der Waals surface area contributed by atoms with Gasteiger partial charge in [-0.2, -0.15) is 0 Å². The van der Waals surface area contributed by atoms with Crippen molar-refractivity contribution in [2.75, 3.05) is 5.32 Å². The van der Waals surface area contributed by atoms with E-state index in [-0.39, 0.29) is 11.2 Å². The lowest BCUT2D eigenvalue weighted by molar-refractivity contribution is -0.115. The Labute approximate surface area is 152 Å². The third-order valence-corrected chi connectivity index (χ3v) is 5.30. The van der Waals surface area contributed by atoms with Crippen LogP contribution < -0.4 is 5.32 Å². The molecule has 3 rings (SSSR count). The van der Waals surface area contributed by atoms with Gasteiger partial charge in [0, 0.05) is 15.6 Å². The number of aromatic nitrogens is 4. The lowest BCUT2D eigenvalue weighted by Crippen LogP contribution is -2.23. The molecule has 3 aromatic rings. The fraction of sp³-hybridized carbons (Fsp3) is 0.200. The first-order valence-corrected chi connectivity index (χ1v) is 9.27. The first-order chi connectivity index (χ1) is 11.6. The van der Waals surface area contributed by atoms with Gasteiger partial charge in [0.05, 0.1) is 11.8 Å². The maximum absolute atomic E-state index is 12.3. The van der Waals surface area contributed by atoms with Crippen LogP contribution >= 0.6 is 34.7 Å². The number of nitrogens with zero attached hydrogens (tertiary/aromatic N) is 4. The van der Waals surface area contributed by atoms with E-state index in [2.05, 4.69) is 20.8 Å². The SMILES string of the molecule is CC(Sc1nnnn1Cc1cccs1)C(=O)Nc1cccc(Cl)c1. The molecule has 124 valence electrons. The molecule has 0 fully saturated rings. The van der Waals surface area contributed by atoms with E-state index in [0.717, 1.165) is 4.88 Å². The van der Waals surface area contributed by atoms with Crippen LogP contribution in [0.3, 0.4) is 0 Å². The molecule has 0 aliphatic rings. The van der Waals surface area contributed by atoms with Crippen LogP contribution in [0.2, 0.25) is 5.02 Å². The smallest absolute Gasteiger partial charge is 0.237 e. The van der Waals surface area contributed by atoms with E-state index in [0.29, 0.717) is 22.4 Å². The van der Waals surface area contributed by atoms with Gasteiger partial charge in [0.2, 0.25) is 11.1 Å². The molecule has 2 heterocycles. The van der Waals surface area contributed by atoms with E-state index in [1.165, 1.54) is 11.8 Å². The monoisotopic (exact) mass is 379 g/mol. The zero-order valence-corrected chi connectivity index (χ0v) is 15.1. The van der Waals surface area contributed by atoms with Crippen molar-refractivity contribution in [1.82, 2.24) is 20.2 Å². The predicted molar refractivity (Wildman–Crippen MR) is 96.6 cm³/mol. The number of hydrogen-bond donors (Lipinski definition) is 1. The molecule has 0 bridgehead atoms. The summed E-state index contributed by atoms with van der Waals surface area (Å²) in [4.78, 5) is 13.5. The second kappa shape index (κ2) is 7.78. The highest BCUT2D eigenvalue weighted by atomic mass is 35.5. The van der Waals surface area contributed by atoms with E-state index in [9.17, 15) is 4.79 Å². The molecular formula is C15H14ClN5OS2. The number of hydrogen-bond acceptors (Lipinski definition) is 6. The summed E-state index contributed by atoms with van der Waals surface area (Å²) in [6.45, 7) is 2.41. The van der Waals surface area contributed by atoms with Crippen LogP contribution in [0.1, 0.15) is 11.8 Å². The van der Waals surface area contributed by atoms with Crippen LogP contribution in [0.4, 0.5) is 5.69 Å². The number of thiophene rings is 1. The molecule has 1 unspecified atom stereocenters. The van der Waals surface area contributed by atoms with Crippen LogP contribution in [-0.4, -0.2) is 31.4 Å². The summed E-state index contributed by atoms with van der Waals surface area (Å²) in [6, 6.07) is 11.1. The number of tetrazole rings is 1. The van der Waals surface area contributed by atoms with Crippen molar-refractivity contribution in [2.24, 2.45) is 0 Å². The highest BCUT2D eigenvalue weighted by Gasteiger charge is 2.19. The van der Waals surface area contributed by atoms with Gasteiger partial charge in [0.25, 0.3) is 0 Å². The third-order valence-electron chi connectivity index (χ3n) is 3.13. The quantitative estimate of drug-likeness (QED) is 0.663. The molecule has 2 aromatic heterocycles. The van der Waals surface area contributed by atoms with E-state index < -0.39 is 0 Å². The van der Waals surface area contributed by atoms with Gasteiger partial charge in [0.1, 0.15) is 0 Å². The second-order valence-electron chi connectivity index (χ2n) is 4.96. The number of halogens is 1. The first-order valence-electron chi connectivity index (χ1n) is 7.13. The second-order valence-corrected chi connectivity index (χ2v) is 7.73. The lowest BCUT2D eigenvalue weighted by Gasteiger charge is -2.11. The van der Waals surface area contributed by atoms with Crippen molar-refractivity contribution in [3.05, 3.63) is 51.7 Å². The number of rotatable bonds is 6. The Kier molecular flexibility index (Phi) is 5.49. The maximum Gasteiger partial charge on any atom is 0.237 e. The van der Waals surface area contributed by atoms with Crippen LogP contribution in [-0.2, 0) is 11.3 Å². The van der Waals surface area contributed by atoms with Crippen LogP contribution in [0, 0.1) is 0 Å². The Morgan fingerprint density at radius 2 is 2.29 bits per heavy atom. The molecular weight excluding hydrogens is 366 g/mol. The summed E-state index contributed by atoms with van der Waals surface area (Å²) < 4.78 is 1.69. The van der Waals surface area contributed by atoms with Crippen molar-refractivity contribution in [1.29, 1.82) is 0 Å². The van der Waals surface area contributed by atoms with E-state index in [1.54, 1.807) is 40.3 Å². The zero-order chi connectivity index (χ0) is 16.9. The Balaban J connectivity index is 1.63. The van der Waals surface area contributed by atoms with Gasteiger partial charge in [-0.1, -0.05) is 35.5 Å². The molecule has 1 aromatic carbocycles. The first kappa shape index (κ1) is 16.9. The van der Waals surface area contributed by atoms with Gasteiger partial charge in [-0.25, -0.2) is 4.68 Å². The van der Waals surface area contributed by atoms with Crippen molar-refractivity contribution in [3.63, 3.8) is 0 Å². The van der Waals surface area contributed by atoms with Crippen LogP contribution in [0.5, 0.6) is 0 Å². The summed E-state index contributed by atoms with van der Waals surface area (Å²) in [5.74, 6) is -0.132. The highest BCUT2D eigenvalue weighted by Crippen LogP contribution is 2.23. The average molecular weight is 380 g/mol. The molecule has 0 spiro atoms. The number of carbonyl (C=O) groups is 1. The number of anilines is 1. The summed E-state index contributed by atoms with van der Waals surface area (Å²) in [5.41, 5.74) is 0.665. The van der Waals surface area contributed by atoms with E-state index >= 15 is 0 Å². The number of carbonyl (C=O) groups excluding carboxylic acids is 1. The maximum atomic E-state index is 12.3. The Morgan fingerprint density at radius 3 is 3.04 bits per heavy atom. The Hall–Kier alpha value is -1.90. The minimum absolute atomic E-state index is 0.132. The van der Waals surface area contributed by atoms with Crippen LogP contribution in [0.15, 0.2) is 46.9 Å². The normalized spacial score (nSPS) is 12.1. The lowest BCUT2D eigenvalue weighted by atomic mass is 10.3. The summed E-state index contributed by atoms with van der Waals surface area (Å²) in [6.07, 6.45) is 0. The summed E-state index contributed by atoms with van der Waals surface area (Å²) in [7, 11) is 0. The largest absolute Gasteiger partial charge is 0.325 e. The minimum atomic E-state index is -0.350. The predicted octanol–water partition coefficient (Wildman–Crippen LogP) is 3.56. The molecule has 24 heavy (non-hydrogen) atoms. The zero-order valence-electron chi connectivity index (χ0n) is 12.7. The minimum Gasteiger partial charge on any atom is -0.325 e. The van der Waals surface area contributed by atoms with Gasteiger partial charge in [-0.15, -0.1) is 16.4 Å². The number of nitrogens with one attached hydrogen (secondary N) is 1. The van der Waals surface area contributed by atoms with Gasteiger partial charge < -0.3 is 5.32 Å². The number of benzene rings is 1. The summed E-state index contributed by atoms with van der Waals surface area (Å²) in [5, 5.41) is 17.4. The molecule has 0 saturated heterocycles. The van der Waals surface area contributed by atoms with E-state index in [1.807, 2.05) is 24.4 Å². The number of thioether (sulfide) groups is 1. The van der Waals surface area contributed by atoms with Crippen molar-refractivity contribution >= 4 is 46.3 Å². The van der Waals surface area contributed by atoms with Gasteiger partial charge >= 0.3 is 0 Å². The fourth-order valence-electron chi connectivity index (χ4n) is 1.95. The van der Waals surface area contributed by atoms with Crippen LogP contribution in [0.25, 0.3) is 0 Å². The average Bonchev–Trinajstić information content (AvgIpc) is 3.20.